The van der Waals surface area contributed by atoms with Crippen LogP contribution in [0.2, 0.25) is 0 Å². The molecule has 4 heterocycles. The molecular formula is C21H17N5O4S2. The fraction of sp³-hybridized carbons (Fsp3) is 0.143. The maximum Gasteiger partial charge on any atom is 0.352 e. The van der Waals surface area contributed by atoms with Crippen molar-refractivity contribution in [1.29, 1.82) is 0 Å². The van der Waals surface area contributed by atoms with Crippen LogP contribution in [0.4, 0.5) is 5.69 Å². The summed E-state index contributed by atoms with van der Waals surface area (Å²) in [6.45, 7) is 0.00764. The van der Waals surface area contributed by atoms with Gasteiger partial charge in [-0.3, -0.25) is 14.2 Å². The third-order valence-corrected chi connectivity index (χ3v) is 6.70. The van der Waals surface area contributed by atoms with Crippen molar-refractivity contribution >= 4 is 50.3 Å². The van der Waals surface area contributed by atoms with Crippen LogP contribution in [0.5, 0.6) is 5.75 Å². The fourth-order valence-corrected chi connectivity index (χ4v) is 4.97. The van der Waals surface area contributed by atoms with Gasteiger partial charge in [0.1, 0.15) is 17.0 Å². The summed E-state index contributed by atoms with van der Waals surface area (Å²) in [4.78, 5) is 39.8. The molecule has 5 aromatic rings. The third-order valence-electron chi connectivity index (χ3n) is 4.95. The van der Waals surface area contributed by atoms with Gasteiger partial charge in [-0.2, -0.15) is 0 Å². The molecule has 0 fully saturated rings. The summed E-state index contributed by atoms with van der Waals surface area (Å²) in [5, 5.41) is 10.8. The van der Waals surface area contributed by atoms with E-state index in [1.165, 1.54) is 31.6 Å². The number of carbonyl (C=O) groups excluding carboxylic acids is 1. The van der Waals surface area contributed by atoms with E-state index < -0.39 is 11.6 Å². The quantitative estimate of drug-likeness (QED) is 0.414. The van der Waals surface area contributed by atoms with Gasteiger partial charge in [0, 0.05) is 10.6 Å². The number of benzene rings is 1. The molecule has 1 aromatic carbocycles. The molecule has 32 heavy (non-hydrogen) atoms. The topological polar surface area (TPSA) is 99.6 Å². The molecule has 1 amide bonds. The van der Waals surface area contributed by atoms with Crippen LogP contribution >= 0.6 is 22.7 Å². The molecule has 1 N–H and O–H groups in total. The average molecular weight is 468 g/mol. The molecule has 9 nitrogen and oxygen atoms in total. The first-order valence-corrected chi connectivity index (χ1v) is 11.4. The Hall–Kier alpha value is -3.70. The van der Waals surface area contributed by atoms with Crippen molar-refractivity contribution in [3.63, 3.8) is 0 Å². The summed E-state index contributed by atoms with van der Waals surface area (Å²) in [5.74, 6) is 0.467. The molecular weight excluding hydrogens is 450 g/mol. The van der Waals surface area contributed by atoms with Crippen LogP contribution in [-0.2, 0) is 17.9 Å². The number of amides is 1. The number of rotatable bonds is 6. The van der Waals surface area contributed by atoms with Gasteiger partial charge in [0.2, 0.25) is 11.7 Å². The lowest BCUT2D eigenvalue weighted by molar-refractivity contribution is -0.117. The van der Waals surface area contributed by atoms with Crippen molar-refractivity contribution < 1.29 is 9.53 Å². The molecule has 0 spiro atoms. The SMILES string of the molecule is COc1ccc(NC(=O)Cn2nc3n(Cc4cccs4)c(=O)c4sccc4n3c2=O)cc1. The first kappa shape index (κ1) is 20.2. The molecule has 162 valence electrons. The summed E-state index contributed by atoms with van der Waals surface area (Å²) < 4.78 is 9.53. The van der Waals surface area contributed by atoms with Crippen LogP contribution in [0.25, 0.3) is 16.0 Å². The van der Waals surface area contributed by atoms with Crippen molar-refractivity contribution in [3.8, 4) is 5.75 Å². The number of fused-ring (bicyclic) bond motifs is 3. The summed E-state index contributed by atoms with van der Waals surface area (Å²) in [5.41, 5.74) is 0.371. The smallest absolute Gasteiger partial charge is 0.352 e. The largest absolute Gasteiger partial charge is 0.497 e. The van der Waals surface area contributed by atoms with E-state index in [0.717, 1.165) is 9.56 Å². The van der Waals surface area contributed by atoms with E-state index >= 15 is 0 Å². The van der Waals surface area contributed by atoms with Crippen LogP contribution in [0, 0.1) is 0 Å². The minimum absolute atomic E-state index is 0.205. The lowest BCUT2D eigenvalue weighted by Crippen LogP contribution is -2.29. The van der Waals surface area contributed by atoms with Crippen molar-refractivity contribution in [3.05, 3.63) is 78.9 Å². The van der Waals surface area contributed by atoms with E-state index in [0.29, 0.717) is 28.2 Å². The summed E-state index contributed by atoms with van der Waals surface area (Å²) in [6.07, 6.45) is 0. The number of carbonyl (C=O) groups is 1. The van der Waals surface area contributed by atoms with E-state index in [9.17, 15) is 14.4 Å². The fourth-order valence-electron chi connectivity index (χ4n) is 3.45. The van der Waals surface area contributed by atoms with Gasteiger partial charge in [0.15, 0.2) is 0 Å². The highest BCUT2D eigenvalue weighted by molar-refractivity contribution is 7.17. The minimum atomic E-state index is -0.479. The second-order valence-electron chi connectivity index (χ2n) is 6.96. The molecule has 0 bridgehead atoms. The van der Waals surface area contributed by atoms with Crippen molar-refractivity contribution in [2.24, 2.45) is 0 Å². The standard InChI is InChI=1S/C21H17N5O4S2/c1-30-14-6-4-13(5-7-14)22-17(27)12-25-21(29)26-16-8-10-32-18(16)19(28)24(20(26)23-25)11-15-3-2-9-31-15/h2-10H,11-12H2,1H3,(H,22,27). The van der Waals surface area contributed by atoms with E-state index in [-0.39, 0.29) is 17.9 Å². The average Bonchev–Trinajstić information content (AvgIpc) is 3.53. The second kappa shape index (κ2) is 8.09. The molecule has 0 aliphatic heterocycles. The van der Waals surface area contributed by atoms with Crippen LogP contribution in [-0.4, -0.2) is 31.8 Å². The molecule has 11 heteroatoms. The number of aromatic nitrogens is 4. The van der Waals surface area contributed by atoms with Crippen LogP contribution in [0.3, 0.4) is 0 Å². The predicted octanol–water partition coefficient (Wildman–Crippen LogP) is 2.63. The number of ether oxygens (including phenoxy) is 1. The Kier molecular flexibility index (Phi) is 5.11. The Labute approximate surface area is 188 Å². The van der Waals surface area contributed by atoms with Gasteiger partial charge >= 0.3 is 5.69 Å². The van der Waals surface area contributed by atoms with Crippen molar-refractivity contribution in [1.82, 2.24) is 18.7 Å². The molecule has 0 radical (unpaired) electrons. The summed E-state index contributed by atoms with van der Waals surface area (Å²) in [6, 6.07) is 12.4. The van der Waals surface area contributed by atoms with Gasteiger partial charge in [0.25, 0.3) is 5.56 Å². The van der Waals surface area contributed by atoms with E-state index in [1.54, 1.807) is 42.8 Å². The highest BCUT2D eigenvalue weighted by Crippen LogP contribution is 2.19. The monoisotopic (exact) mass is 467 g/mol. The number of nitrogens with zero attached hydrogens (tertiary/aromatic N) is 4. The number of hydrogen-bond acceptors (Lipinski definition) is 7. The molecule has 0 atom stereocenters. The normalized spacial score (nSPS) is 11.3. The summed E-state index contributed by atoms with van der Waals surface area (Å²) >= 11 is 2.79. The Morgan fingerprint density at radius 3 is 2.62 bits per heavy atom. The number of thiophene rings is 2. The lowest BCUT2D eigenvalue weighted by Gasteiger charge is -2.06. The Morgan fingerprint density at radius 1 is 1.09 bits per heavy atom. The van der Waals surface area contributed by atoms with Gasteiger partial charge in [-0.05, 0) is 47.2 Å². The zero-order valence-electron chi connectivity index (χ0n) is 16.8. The van der Waals surface area contributed by atoms with Gasteiger partial charge in [0.05, 0.1) is 19.2 Å². The first-order valence-electron chi connectivity index (χ1n) is 9.61. The molecule has 0 unspecified atom stereocenters. The van der Waals surface area contributed by atoms with Gasteiger partial charge in [-0.25, -0.2) is 13.9 Å². The zero-order chi connectivity index (χ0) is 22.2. The van der Waals surface area contributed by atoms with Crippen LogP contribution < -0.4 is 21.3 Å². The van der Waals surface area contributed by atoms with E-state index in [1.807, 2.05) is 17.5 Å². The minimum Gasteiger partial charge on any atom is -0.497 e. The highest BCUT2D eigenvalue weighted by Gasteiger charge is 2.20. The Balaban J connectivity index is 1.54. The second-order valence-corrected chi connectivity index (χ2v) is 8.91. The maximum absolute atomic E-state index is 13.1. The van der Waals surface area contributed by atoms with E-state index in [4.69, 9.17) is 4.74 Å². The molecule has 0 aliphatic carbocycles. The number of nitrogens with one attached hydrogen (secondary N) is 1. The van der Waals surface area contributed by atoms with Crippen molar-refractivity contribution in [2.45, 2.75) is 13.1 Å². The number of methoxy groups -OCH3 is 1. The molecule has 4 aromatic heterocycles. The molecule has 0 aliphatic rings. The number of hydrogen-bond donors (Lipinski definition) is 1. The molecule has 5 rings (SSSR count). The number of anilines is 1. The highest BCUT2D eigenvalue weighted by atomic mass is 32.1. The van der Waals surface area contributed by atoms with Crippen molar-refractivity contribution in [2.75, 3.05) is 12.4 Å². The van der Waals surface area contributed by atoms with Crippen LogP contribution in [0.1, 0.15) is 4.88 Å². The van der Waals surface area contributed by atoms with Gasteiger partial charge in [-0.15, -0.1) is 27.8 Å². The predicted molar refractivity (Wildman–Crippen MR) is 124 cm³/mol. The van der Waals surface area contributed by atoms with Crippen LogP contribution in [0.15, 0.2) is 62.8 Å². The third kappa shape index (κ3) is 3.51. The Morgan fingerprint density at radius 2 is 1.91 bits per heavy atom. The van der Waals surface area contributed by atoms with Gasteiger partial charge < -0.3 is 10.1 Å². The van der Waals surface area contributed by atoms with E-state index in [2.05, 4.69) is 10.4 Å². The first-order chi connectivity index (χ1) is 15.5. The Bertz CT molecular complexity index is 1540. The lowest BCUT2D eigenvalue weighted by atomic mass is 10.3. The maximum atomic E-state index is 13.1. The van der Waals surface area contributed by atoms with Gasteiger partial charge in [-0.1, -0.05) is 6.07 Å². The molecule has 0 saturated carbocycles. The molecule has 0 saturated heterocycles. The zero-order valence-corrected chi connectivity index (χ0v) is 18.5. The summed E-state index contributed by atoms with van der Waals surface area (Å²) in [7, 11) is 1.56.